The van der Waals surface area contributed by atoms with Gasteiger partial charge >= 0.3 is 0 Å². The molecule has 3 aromatic rings. The van der Waals surface area contributed by atoms with E-state index in [0.29, 0.717) is 39.3 Å². The number of hydrogen-bond acceptors (Lipinski definition) is 12. The number of amides is 5. The molecule has 0 fully saturated rings. The first-order valence-electron chi connectivity index (χ1n) is 22.6. The lowest BCUT2D eigenvalue weighted by Gasteiger charge is -2.33. The molecule has 0 radical (unpaired) electrons. The molecule has 20 heteroatoms. The largest absolute Gasteiger partial charge is 0.492 e. The SMILES string of the molecule is CCCCCCCCc1ccc(C(=O)NC(CCNS(N)(=O)=O)C(=O)N(C)C2C(=O)NC(C)C(=O)NC(C(=O)NCC#N)Cc3ccc(OCCN)c(c3)-c3cc2ccc3OCCN)c(C)c1. The summed E-state index contributed by atoms with van der Waals surface area (Å²) in [6, 6.07) is 11.9. The average Bonchev–Trinajstić information content (AvgIpc) is 3.29. The summed E-state index contributed by atoms with van der Waals surface area (Å²) in [6.45, 7) is 5.26. The molecule has 1 aliphatic heterocycles. The number of hydrogen-bond donors (Lipinski definition) is 8. The van der Waals surface area contributed by atoms with E-state index in [4.69, 9.17) is 26.1 Å². The summed E-state index contributed by atoms with van der Waals surface area (Å²) in [5.74, 6) is -2.89. The number of fused-ring (bicyclic) bond motifs is 5. The standard InChI is InChI=1S/C47H66N10O9S/c1-5-6-7-8-9-10-11-32-12-15-35(30(2)26-32)44(59)55-38(18-22-53-67(51,63)64)47(62)57(4)42-34-14-17-41(66-25-21-50)37(29-34)36-27-33(13-16-40(36)65-24-20-49)28-39(45(60)52-23-19-48)56-43(58)31(3)54-46(42)61/h12-17,26-27,29,31,38-39,42,53H,5-11,18,20-25,28,49-50H2,1-4H3,(H,52,60)(H,54,61)(H,55,59)(H,56,58)(H2,51,63,64). The lowest BCUT2D eigenvalue weighted by molar-refractivity contribution is -0.141. The third-order valence-electron chi connectivity index (χ3n) is 11.2. The van der Waals surface area contributed by atoms with E-state index in [1.807, 2.05) is 18.2 Å². The number of likely N-dealkylation sites (N-methyl/N-ethyl adjacent to an activating group) is 1. The number of benzene rings is 3. The van der Waals surface area contributed by atoms with Crippen molar-refractivity contribution in [3.8, 4) is 28.7 Å². The van der Waals surface area contributed by atoms with E-state index in [1.165, 1.54) is 33.2 Å². The second-order valence-electron chi connectivity index (χ2n) is 16.5. The molecule has 5 amide bonds. The van der Waals surface area contributed by atoms with Gasteiger partial charge in [-0.25, -0.2) is 9.86 Å². The van der Waals surface area contributed by atoms with E-state index in [9.17, 15) is 37.7 Å². The van der Waals surface area contributed by atoms with Gasteiger partial charge in [0.05, 0.1) is 6.07 Å². The van der Waals surface area contributed by atoms with Gasteiger partial charge in [0.15, 0.2) is 0 Å². The van der Waals surface area contributed by atoms with Crippen LogP contribution in [0.5, 0.6) is 11.5 Å². The van der Waals surface area contributed by atoms with Gasteiger partial charge in [0.1, 0.15) is 55.4 Å². The van der Waals surface area contributed by atoms with Crippen molar-refractivity contribution in [3.63, 3.8) is 0 Å². The number of carbonyl (C=O) groups is 5. The minimum Gasteiger partial charge on any atom is -0.492 e. The van der Waals surface area contributed by atoms with Crippen molar-refractivity contribution < 1.29 is 41.9 Å². The zero-order chi connectivity index (χ0) is 49.1. The van der Waals surface area contributed by atoms with Crippen molar-refractivity contribution >= 4 is 39.7 Å². The fourth-order valence-electron chi connectivity index (χ4n) is 7.79. The second-order valence-corrected chi connectivity index (χ2v) is 17.9. The van der Waals surface area contributed by atoms with Gasteiger partial charge in [-0.05, 0) is 85.7 Å². The quantitative estimate of drug-likeness (QED) is 0.0500. The molecular weight excluding hydrogens is 881 g/mol. The molecule has 11 N–H and O–H groups in total. The summed E-state index contributed by atoms with van der Waals surface area (Å²) in [6.07, 6.45) is 7.40. The van der Waals surface area contributed by atoms with E-state index < -0.39 is 63.9 Å². The summed E-state index contributed by atoms with van der Waals surface area (Å²) >= 11 is 0. The van der Waals surface area contributed by atoms with Crippen LogP contribution >= 0.6 is 0 Å². The Balaban J connectivity index is 1.81. The molecule has 19 nitrogen and oxygen atoms in total. The zero-order valence-corrected chi connectivity index (χ0v) is 39.6. The Morgan fingerprint density at radius 2 is 1.57 bits per heavy atom. The molecule has 4 atom stereocenters. The number of ether oxygens (including phenoxy) is 2. The van der Waals surface area contributed by atoms with Crippen LogP contribution in [0.4, 0.5) is 0 Å². The van der Waals surface area contributed by atoms with Crippen molar-refractivity contribution in [2.24, 2.45) is 16.6 Å². The second kappa shape index (κ2) is 26.3. The number of nitrogens with one attached hydrogen (secondary N) is 5. The molecule has 0 saturated heterocycles. The Hall–Kier alpha value is -6.11. The highest BCUT2D eigenvalue weighted by molar-refractivity contribution is 7.87. The van der Waals surface area contributed by atoms with Crippen LogP contribution < -0.4 is 52.1 Å². The Kier molecular flexibility index (Phi) is 21.0. The first kappa shape index (κ1) is 53.5. The first-order valence-corrected chi connectivity index (χ1v) is 24.2. The smallest absolute Gasteiger partial charge is 0.274 e. The number of aryl methyl sites for hydroxylation is 2. The molecule has 0 spiro atoms. The molecule has 0 aromatic heterocycles. The van der Waals surface area contributed by atoms with E-state index in [-0.39, 0.29) is 57.8 Å². The number of nitrogens with two attached hydrogens (primary N) is 3. The number of nitrogens with zero attached hydrogens (tertiary/aromatic N) is 2. The summed E-state index contributed by atoms with van der Waals surface area (Å²) in [5, 5.41) is 25.0. The highest BCUT2D eigenvalue weighted by atomic mass is 32.2. The maximum absolute atomic E-state index is 14.8. The summed E-state index contributed by atoms with van der Waals surface area (Å²) in [5.41, 5.74) is 15.4. The molecule has 1 heterocycles. The first-order chi connectivity index (χ1) is 32.0. The summed E-state index contributed by atoms with van der Waals surface area (Å²) < 4.78 is 38.2. The number of unbranched alkanes of at least 4 members (excludes halogenated alkanes) is 5. The maximum atomic E-state index is 14.8. The van der Waals surface area contributed by atoms with E-state index >= 15 is 0 Å². The lowest BCUT2D eigenvalue weighted by atomic mass is 9.93. The van der Waals surface area contributed by atoms with Crippen LogP contribution in [0.1, 0.15) is 97.4 Å². The molecule has 4 unspecified atom stereocenters. The normalized spacial score (nSPS) is 16.6. The number of rotatable bonds is 23. The Bertz CT molecular complexity index is 2360. The highest BCUT2D eigenvalue weighted by Gasteiger charge is 2.36. The van der Waals surface area contributed by atoms with Crippen LogP contribution in [0.2, 0.25) is 0 Å². The van der Waals surface area contributed by atoms with Gasteiger partial charge in [-0.3, -0.25) is 24.0 Å². The molecule has 1 aliphatic rings. The minimum absolute atomic E-state index is 0.0251. The van der Waals surface area contributed by atoms with Crippen LogP contribution in [0.15, 0.2) is 54.6 Å². The molecule has 67 heavy (non-hydrogen) atoms. The van der Waals surface area contributed by atoms with Crippen LogP contribution in [0, 0.1) is 18.3 Å². The van der Waals surface area contributed by atoms with Gasteiger partial charge in [-0.15, -0.1) is 0 Å². The predicted molar refractivity (Wildman–Crippen MR) is 254 cm³/mol. The number of carbonyl (C=O) groups excluding carboxylic acids is 5. The van der Waals surface area contributed by atoms with Crippen LogP contribution in [-0.2, 0) is 42.2 Å². The third-order valence-corrected chi connectivity index (χ3v) is 11.9. The van der Waals surface area contributed by atoms with Crippen LogP contribution in [-0.4, -0.2) is 107 Å². The fraction of sp³-hybridized carbons (Fsp3) is 0.489. The topological polar surface area (TPSA) is 303 Å². The van der Waals surface area contributed by atoms with Crippen LogP contribution in [0.3, 0.4) is 0 Å². The van der Waals surface area contributed by atoms with E-state index in [2.05, 4.69) is 32.9 Å². The fourth-order valence-corrected chi connectivity index (χ4v) is 8.19. The van der Waals surface area contributed by atoms with Crippen molar-refractivity contribution in [2.75, 3.05) is 46.4 Å². The lowest BCUT2D eigenvalue weighted by Crippen LogP contribution is -2.56. The maximum Gasteiger partial charge on any atom is 0.274 e. The number of nitriles is 1. The van der Waals surface area contributed by atoms with Crippen molar-refractivity contribution in [1.29, 1.82) is 5.26 Å². The Morgan fingerprint density at radius 3 is 2.21 bits per heavy atom. The minimum atomic E-state index is -4.20. The predicted octanol–water partition coefficient (Wildman–Crippen LogP) is 1.91. The molecule has 0 saturated carbocycles. The average molecular weight is 947 g/mol. The summed E-state index contributed by atoms with van der Waals surface area (Å²) in [4.78, 5) is 71.7. The Labute approximate surface area is 393 Å². The summed E-state index contributed by atoms with van der Waals surface area (Å²) in [7, 11) is -2.85. The van der Waals surface area contributed by atoms with Crippen LogP contribution in [0.25, 0.3) is 11.1 Å². The van der Waals surface area contributed by atoms with Gasteiger partial charge in [0.2, 0.25) is 23.6 Å². The third kappa shape index (κ3) is 16.0. The zero-order valence-electron chi connectivity index (χ0n) is 38.8. The van der Waals surface area contributed by atoms with Crippen molar-refractivity contribution in [1.82, 2.24) is 30.9 Å². The van der Waals surface area contributed by atoms with Crippen molar-refractivity contribution in [3.05, 3.63) is 82.4 Å². The molecule has 364 valence electrons. The van der Waals surface area contributed by atoms with Gasteiger partial charge in [-0.1, -0.05) is 63.3 Å². The van der Waals surface area contributed by atoms with Gasteiger partial charge in [0, 0.05) is 49.8 Å². The van der Waals surface area contributed by atoms with Gasteiger partial charge in [0.25, 0.3) is 16.1 Å². The molecule has 4 rings (SSSR count). The van der Waals surface area contributed by atoms with E-state index in [0.717, 1.165) is 36.1 Å². The Morgan fingerprint density at radius 1 is 0.910 bits per heavy atom. The molecular formula is C47H66N10O9S. The van der Waals surface area contributed by atoms with E-state index in [1.54, 1.807) is 49.4 Å². The molecule has 0 aliphatic carbocycles. The highest BCUT2D eigenvalue weighted by Crippen LogP contribution is 2.40. The monoisotopic (exact) mass is 946 g/mol. The molecule has 3 aromatic carbocycles. The van der Waals surface area contributed by atoms with Gasteiger partial charge < -0.3 is 47.1 Å². The molecule has 4 bridgehead atoms. The van der Waals surface area contributed by atoms with Gasteiger partial charge in [-0.2, -0.15) is 13.7 Å². The van der Waals surface area contributed by atoms with Crippen molar-refractivity contribution in [2.45, 2.75) is 103 Å².